The van der Waals surface area contributed by atoms with Gasteiger partial charge in [0.05, 0.1) is 4.34 Å². The minimum atomic E-state index is -4.75. The Balaban J connectivity index is 1.82. The summed E-state index contributed by atoms with van der Waals surface area (Å²) in [5, 5.41) is 3.24. The number of hydrogen-bond acceptors (Lipinski definition) is 6. The highest BCUT2D eigenvalue weighted by Gasteiger charge is 2.38. The summed E-state index contributed by atoms with van der Waals surface area (Å²) >= 11 is 12.5. The molecule has 0 amide bonds. The van der Waals surface area contributed by atoms with Crippen LogP contribution in [0.1, 0.15) is 5.89 Å². The lowest BCUT2D eigenvalue weighted by atomic mass is 10.2. The minimum Gasteiger partial charge on any atom is -0.329 e. The van der Waals surface area contributed by atoms with Crippen LogP contribution in [0.3, 0.4) is 0 Å². The lowest BCUT2D eigenvalue weighted by Gasteiger charge is -2.07. The number of hydrogen-bond donors (Lipinski definition) is 1. The first kappa shape index (κ1) is 19.0. The molecule has 0 unspecified atom stereocenters. The molecule has 138 valence electrons. The van der Waals surface area contributed by atoms with Gasteiger partial charge in [-0.1, -0.05) is 28.4 Å². The van der Waals surface area contributed by atoms with E-state index in [1.807, 2.05) is 0 Å². The first-order valence-corrected chi connectivity index (χ1v) is 9.61. The van der Waals surface area contributed by atoms with Crippen molar-refractivity contribution < 1.29 is 26.1 Å². The molecule has 0 radical (unpaired) electrons. The number of benzene rings is 1. The molecule has 2 aromatic heterocycles. The molecule has 13 heteroatoms. The second kappa shape index (κ2) is 6.72. The molecule has 1 N–H and O–H groups in total. The van der Waals surface area contributed by atoms with Crippen LogP contribution in [-0.4, -0.2) is 18.6 Å². The maximum absolute atomic E-state index is 12.5. The molecule has 3 aromatic rings. The Morgan fingerprint density at radius 1 is 1.15 bits per heavy atom. The highest BCUT2D eigenvalue weighted by molar-refractivity contribution is 7.93. The van der Waals surface area contributed by atoms with Gasteiger partial charge >= 0.3 is 12.1 Å². The van der Waals surface area contributed by atoms with Gasteiger partial charge < -0.3 is 4.52 Å². The summed E-state index contributed by atoms with van der Waals surface area (Å²) in [6.07, 6.45) is -4.75. The molecular weight excluding hydrogens is 438 g/mol. The van der Waals surface area contributed by atoms with E-state index in [0.717, 1.165) is 11.3 Å². The van der Waals surface area contributed by atoms with Crippen LogP contribution in [0.5, 0.6) is 0 Å². The molecule has 0 fully saturated rings. The van der Waals surface area contributed by atoms with Crippen LogP contribution in [0.2, 0.25) is 8.67 Å². The summed E-state index contributed by atoms with van der Waals surface area (Å²) in [6.45, 7) is 0. The van der Waals surface area contributed by atoms with Gasteiger partial charge in [-0.05, 0) is 30.3 Å². The lowest BCUT2D eigenvalue weighted by molar-refractivity contribution is -0.159. The third-order valence-corrected chi connectivity index (χ3v) is 6.11. The van der Waals surface area contributed by atoms with Gasteiger partial charge in [0.25, 0.3) is 10.0 Å². The van der Waals surface area contributed by atoms with Crippen molar-refractivity contribution in [2.75, 3.05) is 4.72 Å². The van der Waals surface area contributed by atoms with Crippen LogP contribution >= 0.6 is 34.5 Å². The maximum Gasteiger partial charge on any atom is 0.471 e. The highest BCUT2D eigenvalue weighted by Crippen LogP contribution is 2.35. The first-order valence-electron chi connectivity index (χ1n) is 6.55. The second-order valence-electron chi connectivity index (χ2n) is 4.79. The van der Waals surface area contributed by atoms with Gasteiger partial charge in [-0.15, -0.1) is 11.3 Å². The molecule has 0 aliphatic heterocycles. The lowest BCUT2D eigenvalue weighted by Crippen LogP contribution is -2.12. The molecule has 1 aromatic carbocycles. The van der Waals surface area contributed by atoms with Gasteiger partial charge in [-0.2, -0.15) is 18.2 Å². The Kier molecular flexibility index (Phi) is 4.90. The predicted molar refractivity (Wildman–Crippen MR) is 89.9 cm³/mol. The van der Waals surface area contributed by atoms with Crippen molar-refractivity contribution in [3.8, 4) is 11.4 Å². The molecule has 0 aliphatic carbocycles. The standard InChI is InChI=1S/C13H6Cl2F3N3O3S2/c14-9-5-8(10(15)25-9)26(22,23)21-7-3-1-6(2-4-7)11-19-12(24-20-11)13(16,17)18/h1-5,21H. The Hall–Kier alpha value is -1.82. The van der Waals surface area contributed by atoms with Gasteiger partial charge in [0.1, 0.15) is 9.23 Å². The molecule has 0 saturated carbocycles. The van der Waals surface area contributed by atoms with Crippen LogP contribution in [0.25, 0.3) is 11.4 Å². The molecule has 0 spiro atoms. The molecule has 2 heterocycles. The summed E-state index contributed by atoms with van der Waals surface area (Å²) in [7, 11) is -3.97. The van der Waals surface area contributed by atoms with E-state index in [2.05, 4.69) is 19.4 Å². The average molecular weight is 444 g/mol. The number of rotatable bonds is 4. The zero-order valence-electron chi connectivity index (χ0n) is 12.2. The van der Waals surface area contributed by atoms with Crippen molar-refractivity contribution in [2.24, 2.45) is 0 Å². The van der Waals surface area contributed by atoms with Crippen LogP contribution in [0.15, 0.2) is 39.8 Å². The normalized spacial score (nSPS) is 12.3. The van der Waals surface area contributed by atoms with Gasteiger partial charge in [-0.3, -0.25) is 4.72 Å². The second-order valence-corrected chi connectivity index (χ2v) is 8.73. The van der Waals surface area contributed by atoms with Crippen molar-refractivity contribution in [1.29, 1.82) is 0 Å². The largest absolute Gasteiger partial charge is 0.471 e. The van der Waals surface area contributed by atoms with E-state index in [9.17, 15) is 21.6 Å². The smallest absolute Gasteiger partial charge is 0.329 e. The number of nitrogens with one attached hydrogen (secondary N) is 1. The number of halogens is 5. The zero-order chi connectivity index (χ0) is 19.1. The predicted octanol–water partition coefficient (Wildman–Crippen LogP) is 4.92. The molecule has 0 saturated heterocycles. The number of anilines is 1. The Morgan fingerprint density at radius 2 is 1.81 bits per heavy atom. The van der Waals surface area contributed by atoms with E-state index in [0.29, 0.717) is 0 Å². The van der Waals surface area contributed by atoms with Crippen molar-refractivity contribution in [2.45, 2.75) is 11.1 Å². The summed E-state index contributed by atoms with van der Waals surface area (Å²) in [5.74, 6) is -1.75. The van der Waals surface area contributed by atoms with E-state index < -0.39 is 22.1 Å². The van der Waals surface area contributed by atoms with Crippen molar-refractivity contribution >= 4 is 50.2 Å². The Labute approximate surface area is 158 Å². The van der Waals surface area contributed by atoms with E-state index in [1.165, 1.54) is 30.3 Å². The first-order chi connectivity index (χ1) is 12.1. The number of aromatic nitrogens is 2. The topological polar surface area (TPSA) is 85.1 Å². The summed E-state index contributed by atoms with van der Waals surface area (Å²) in [4.78, 5) is 3.07. The Morgan fingerprint density at radius 3 is 2.31 bits per heavy atom. The maximum atomic E-state index is 12.5. The van der Waals surface area contributed by atoms with Crippen LogP contribution in [-0.2, 0) is 16.2 Å². The van der Waals surface area contributed by atoms with Gasteiger partial charge in [-0.25, -0.2) is 8.42 Å². The third-order valence-electron chi connectivity index (χ3n) is 2.98. The number of sulfonamides is 1. The minimum absolute atomic E-state index is 0.00518. The quantitative estimate of drug-likeness (QED) is 0.617. The third kappa shape index (κ3) is 3.95. The molecule has 0 aliphatic rings. The van der Waals surface area contributed by atoms with Crippen molar-refractivity contribution in [3.63, 3.8) is 0 Å². The van der Waals surface area contributed by atoms with E-state index >= 15 is 0 Å². The fourth-order valence-electron chi connectivity index (χ4n) is 1.86. The van der Waals surface area contributed by atoms with Crippen molar-refractivity contribution in [1.82, 2.24) is 10.1 Å². The molecule has 6 nitrogen and oxygen atoms in total. The average Bonchev–Trinajstić information content (AvgIpc) is 3.14. The number of thiophene rings is 1. The Bertz CT molecular complexity index is 1050. The van der Waals surface area contributed by atoms with Gasteiger partial charge in [0, 0.05) is 11.3 Å². The van der Waals surface area contributed by atoms with E-state index in [1.54, 1.807) is 0 Å². The van der Waals surface area contributed by atoms with Gasteiger partial charge in [0.2, 0.25) is 5.82 Å². The number of nitrogens with zero attached hydrogens (tertiary/aromatic N) is 2. The van der Waals surface area contributed by atoms with Crippen LogP contribution in [0, 0.1) is 0 Å². The van der Waals surface area contributed by atoms with E-state index in [4.69, 9.17) is 23.2 Å². The summed E-state index contributed by atoms with van der Waals surface area (Å²) in [5.41, 5.74) is 0.371. The molecule has 0 bridgehead atoms. The summed E-state index contributed by atoms with van der Waals surface area (Å²) < 4.78 is 68.6. The van der Waals surface area contributed by atoms with Crippen LogP contribution < -0.4 is 4.72 Å². The summed E-state index contributed by atoms with van der Waals surface area (Å²) in [6, 6.07) is 6.55. The van der Waals surface area contributed by atoms with Gasteiger partial charge in [0.15, 0.2) is 0 Å². The number of alkyl halides is 3. The van der Waals surface area contributed by atoms with Crippen molar-refractivity contribution in [3.05, 3.63) is 44.9 Å². The molecule has 0 atom stereocenters. The molecule has 3 rings (SSSR count). The zero-order valence-corrected chi connectivity index (χ0v) is 15.4. The molecule has 26 heavy (non-hydrogen) atoms. The monoisotopic (exact) mass is 443 g/mol. The fraction of sp³-hybridized carbons (Fsp3) is 0.0769. The highest BCUT2D eigenvalue weighted by atomic mass is 35.5. The SMILES string of the molecule is O=S(=O)(Nc1ccc(-c2noc(C(F)(F)F)n2)cc1)c1cc(Cl)sc1Cl. The fourth-order valence-corrected chi connectivity index (χ4v) is 5.07. The molecular formula is C13H6Cl2F3N3O3S2. The van der Waals surface area contributed by atoms with Crippen LogP contribution in [0.4, 0.5) is 18.9 Å². The van der Waals surface area contributed by atoms with E-state index in [-0.39, 0.29) is 30.6 Å².